The standard InChI is InChI=1S/C18H22N6O.C2HF3O2/c1-3-12(4-2)21-17-14-9-10-20-16(14)23-18(24-17)22-13-7-5-11(6-8-13)15(19)25;3-2(4,5)1(6)7/h5-10,12H,3-4H2,1-2H3,(H2,19,25)(H3,20,21,22,23,24);(H,6,7). The Bertz CT molecular complexity index is 1020. The molecule has 1 aromatic rings. The van der Waals surface area contributed by atoms with E-state index in [4.69, 9.17) is 15.6 Å². The number of carbonyl (C=O) groups is 2. The van der Waals surface area contributed by atoms with Crippen LogP contribution in [0.25, 0.3) is 11.4 Å². The van der Waals surface area contributed by atoms with E-state index in [-0.39, 0.29) is 0 Å². The topological polar surface area (TPSA) is 146 Å². The van der Waals surface area contributed by atoms with Crippen LogP contribution in [0.15, 0.2) is 36.5 Å². The minimum absolute atomic E-state index is 0.357. The maximum absolute atomic E-state index is 11.2. The number of carbonyl (C=O) groups excluding carboxylic acids is 1. The van der Waals surface area contributed by atoms with Crippen molar-refractivity contribution >= 4 is 29.3 Å². The van der Waals surface area contributed by atoms with Crippen LogP contribution >= 0.6 is 0 Å². The first-order valence-electron chi connectivity index (χ1n) is 9.63. The first kappa shape index (κ1) is 24.4. The number of H-pyrrole nitrogens is 1. The first-order chi connectivity index (χ1) is 15.0. The van der Waals surface area contributed by atoms with Crippen LogP contribution in [0.5, 0.6) is 0 Å². The van der Waals surface area contributed by atoms with Gasteiger partial charge >= 0.3 is 12.1 Å². The number of nitrogens with one attached hydrogen (secondary N) is 3. The number of primary amides is 1. The summed E-state index contributed by atoms with van der Waals surface area (Å²) in [6.07, 6.45) is -1.29. The van der Waals surface area contributed by atoms with Crippen LogP contribution < -0.4 is 16.4 Å². The fourth-order valence-electron chi connectivity index (χ4n) is 2.65. The van der Waals surface area contributed by atoms with Crippen LogP contribution in [0, 0.1) is 0 Å². The molecule has 0 spiro atoms. The Labute approximate surface area is 181 Å². The Balaban J connectivity index is 0.000000451. The number of aromatic nitrogens is 3. The third-order valence-corrected chi connectivity index (χ3v) is 4.42. The molecule has 0 bridgehead atoms. The summed E-state index contributed by atoms with van der Waals surface area (Å²) in [6, 6.07) is 9.21. The highest BCUT2D eigenvalue weighted by atomic mass is 19.4. The van der Waals surface area contributed by atoms with Crippen molar-refractivity contribution in [2.24, 2.45) is 5.73 Å². The van der Waals surface area contributed by atoms with Gasteiger partial charge in [0.1, 0.15) is 11.6 Å². The Hall–Kier alpha value is -3.83. The molecule has 0 saturated heterocycles. The van der Waals surface area contributed by atoms with E-state index in [0.29, 0.717) is 17.6 Å². The Morgan fingerprint density at radius 1 is 1.16 bits per heavy atom. The summed E-state index contributed by atoms with van der Waals surface area (Å²) in [7, 11) is 0. The predicted molar refractivity (Wildman–Crippen MR) is 113 cm³/mol. The van der Waals surface area contributed by atoms with Crippen molar-refractivity contribution in [3.8, 4) is 11.4 Å². The quantitative estimate of drug-likeness (QED) is 0.364. The average Bonchev–Trinajstić information content (AvgIpc) is 3.21. The number of amides is 1. The molecule has 172 valence electrons. The van der Waals surface area contributed by atoms with Crippen molar-refractivity contribution in [3.63, 3.8) is 0 Å². The molecular formula is C20H23F3N6O3. The molecule has 0 aromatic heterocycles. The number of alkyl halides is 3. The monoisotopic (exact) mass is 452 g/mol. The van der Waals surface area contributed by atoms with Crippen molar-refractivity contribution in [1.29, 1.82) is 0 Å². The molecule has 2 aliphatic heterocycles. The molecule has 0 fully saturated rings. The SMILES string of the molecule is CCC(CC)Nc1nc(Nc2ccc(C(N)=O)cc2)[nH]c2nccc1-2.O=C(O)C(F)(F)F. The second kappa shape index (κ2) is 10.5. The zero-order valence-corrected chi connectivity index (χ0v) is 17.3. The van der Waals surface area contributed by atoms with E-state index in [0.717, 1.165) is 35.7 Å². The molecule has 9 nitrogen and oxygen atoms in total. The zero-order chi connectivity index (χ0) is 23.9. The normalized spacial score (nSPS) is 11.1. The van der Waals surface area contributed by atoms with Crippen molar-refractivity contribution in [3.05, 3.63) is 42.1 Å². The largest absolute Gasteiger partial charge is 0.490 e. The van der Waals surface area contributed by atoms with Gasteiger partial charge in [0, 0.05) is 23.5 Å². The van der Waals surface area contributed by atoms with E-state index in [9.17, 15) is 18.0 Å². The van der Waals surface area contributed by atoms with E-state index in [2.05, 4.69) is 39.4 Å². The highest BCUT2D eigenvalue weighted by Crippen LogP contribution is 2.29. The van der Waals surface area contributed by atoms with E-state index < -0.39 is 18.1 Å². The van der Waals surface area contributed by atoms with Gasteiger partial charge < -0.3 is 26.5 Å². The number of nitrogens with zero attached hydrogens (tertiary/aromatic N) is 2. The van der Waals surface area contributed by atoms with Crippen LogP contribution in [0.4, 0.5) is 30.6 Å². The summed E-state index contributed by atoms with van der Waals surface area (Å²) < 4.78 is 31.7. The minimum Gasteiger partial charge on any atom is -0.475 e. The third kappa shape index (κ3) is 6.59. The van der Waals surface area contributed by atoms with Crippen LogP contribution in [0.2, 0.25) is 0 Å². The molecule has 0 aliphatic carbocycles. The van der Waals surface area contributed by atoms with E-state index >= 15 is 0 Å². The smallest absolute Gasteiger partial charge is 0.475 e. The second-order valence-electron chi connectivity index (χ2n) is 6.67. The molecule has 32 heavy (non-hydrogen) atoms. The summed E-state index contributed by atoms with van der Waals surface area (Å²) in [5.74, 6) is -1.06. The van der Waals surface area contributed by atoms with E-state index in [1.165, 1.54) is 0 Å². The molecule has 0 saturated carbocycles. The first-order valence-corrected chi connectivity index (χ1v) is 9.63. The Kier molecular flexibility index (Phi) is 7.99. The van der Waals surface area contributed by atoms with Crippen molar-refractivity contribution in [1.82, 2.24) is 15.0 Å². The summed E-state index contributed by atoms with van der Waals surface area (Å²) in [6.45, 7) is 4.30. The lowest BCUT2D eigenvalue weighted by Crippen LogP contribution is -2.21. The lowest BCUT2D eigenvalue weighted by Gasteiger charge is -2.19. The lowest BCUT2D eigenvalue weighted by molar-refractivity contribution is -0.192. The van der Waals surface area contributed by atoms with Gasteiger partial charge in [0.15, 0.2) is 0 Å². The van der Waals surface area contributed by atoms with Crippen LogP contribution in [-0.4, -0.2) is 44.2 Å². The number of aromatic amines is 1. The number of fused-ring (bicyclic) bond motifs is 1. The van der Waals surface area contributed by atoms with Gasteiger partial charge in [-0.15, -0.1) is 0 Å². The summed E-state index contributed by atoms with van der Waals surface area (Å²) in [5, 5.41) is 13.8. The number of hydrogen-bond donors (Lipinski definition) is 5. The van der Waals surface area contributed by atoms with Crippen molar-refractivity contribution in [2.75, 3.05) is 10.6 Å². The molecule has 12 heteroatoms. The molecule has 6 N–H and O–H groups in total. The number of benzene rings is 1. The number of hydrogen-bond acceptors (Lipinski definition) is 6. The van der Waals surface area contributed by atoms with Crippen molar-refractivity contribution < 1.29 is 27.9 Å². The van der Waals surface area contributed by atoms with Crippen LogP contribution in [0.1, 0.15) is 37.0 Å². The molecule has 0 radical (unpaired) electrons. The van der Waals surface area contributed by atoms with Crippen molar-refractivity contribution in [2.45, 2.75) is 38.9 Å². The number of carboxylic acids is 1. The van der Waals surface area contributed by atoms with Gasteiger partial charge in [-0.1, -0.05) is 13.8 Å². The summed E-state index contributed by atoms with van der Waals surface area (Å²) >= 11 is 0. The Morgan fingerprint density at radius 2 is 1.75 bits per heavy atom. The van der Waals surface area contributed by atoms with Gasteiger partial charge in [0.25, 0.3) is 0 Å². The van der Waals surface area contributed by atoms with Gasteiger partial charge in [-0.2, -0.15) is 18.2 Å². The highest BCUT2D eigenvalue weighted by Gasteiger charge is 2.38. The maximum atomic E-state index is 11.2. The molecule has 2 heterocycles. The number of nitrogens with two attached hydrogens (primary N) is 1. The van der Waals surface area contributed by atoms with Gasteiger partial charge in [-0.05, 0) is 43.2 Å². The molecule has 0 atom stereocenters. The molecule has 2 aliphatic rings. The number of aliphatic carboxylic acids is 1. The third-order valence-electron chi connectivity index (χ3n) is 4.42. The molecule has 1 amide bonds. The highest BCUT2D eigenvalue weighted by molar-refractivity contribution is 5.93. The lowest BCUT2D eigenvalue weighted by atomic mass is 10.1. The van der Waals surface area contributed by atoms with E-state index in [1.807, 2.05) is 6.07 Å². The van der Waals surface area contributed by atoms with Crippen LogP contribution in [0.3, 0.4) is 0 Å². The fourth-order valence-corrected chi connectivity index (χ4v) is 2.65. The van der Waals surface area contributed by atoms with Crippen LogP contribution in [-0.2, 0) is 4.79 Å². The van der Waals surface area contributed by atoms with Gasteiger partial charge in [0.2, 0.25) is 11.9 Å². The van der Waals surface area contributed by atoms with Gasteiger partial charge in [0.05, 0.1) is 5.56 Å². The van der Waals surface area contributed by atoms with E-state index in [1.54, 1.807) is 30.5 Å². The van der Waals surface area contributed by atoms with Gasteiger partial charge in [-0.3, -0.25) is 4.79 Å². The summed E-state index contributed by atoms with van der Waals surface area (Å²) in [5.41, 5.74) is 7.49. The number of carboxylic acid groups (broad SMARTS) is 1. The average molecular weight is 452 g/mol. The maximum Gasteiger partial charge on any atom is 0.490 e. The zero-order valence-electron chi connectivity index (χ0n) is 17.3. The Morgan fingerprint density at radius 3 is 2.25 bits per heavy atom. The van der Waals surface area contributed by atoms with Gasteiger partial charge in [-0.25, -0.2) is 9.78 Å². The molecule has 1 aromatic carbocycles. The molecule has 3 rings (SSSR count). The minimum atomic E-state index is -5.08. The molecular weight excluding hydrogens is 429 g/mol. The summed E-state index contributed by atoms with van der Waals surface area (Å²) in [4.78, 5) is 32.2. The molecule has 0 unspecified atom stereocenters. The number of halogens is 3. The number of rotatable bonds is 7. The second-order valence-corrected chi connectivity index (χ2v) is 6.67. The fraction of sp³-hybridized carbons (Fsp3) is 0.300. The predicted octanol–water partition coefficient (Wildman–Crippen LogP) is 3.99. The number of anilines is 3.